The maximum absolute atomic E-state index is 12.6. The highest BCUT2D eigenvalue weighted by atomic mass is 16.5. The van der Waals surface area contributed by atoms with Crippen LogP contribution in [0.1, 0.15) is 21.5 Å². The summed E-state index contributed by atoms with van der Waals surface area (Å²) in [6.07, 6.45) is 5.27. The van der Waals surface area contributed by atoms with Crippen molar-refractivity contribution < 1.29 is 9.53 Å². The standard InChI is InChI=1S/C23H20N4O2/c1-16-5-6-17(2)20(13-16)23(28)26-18-7-9-19(10-8-18)29-22-14-21(24-15-25-22)27-11-3-4-12-27/h3-15H,1-2H3,(H,26,28). The van der Waals surface area contributed by atoms with E-state index in [9.17, 15) is 4.79 Å². The van der Waals surface area contributed by atoms with E-state index in [1.165, 1.54) is 6.33 Å². The summed E-state index contributed by atoms with van der Waals surface area (Å²) in [5.41, 5.74) is 3.35. The van der Waals surface area contributed by atoms with Gasteiger partial charge in [-0.05, 0) is 61.9 Å². The summed E-state index contributed by atoms with van der Waals surface area (Å²) >= 11 is 0. The number of benzene rings is 2. The third kappa shape index (κ3) is 4.32. The van der Waals surface area contributed by atoms with Crippen molar-refractivity contribution in [2.75, 3.05) is 5.32 Å². The number of carbonyl (C=O) groups is 1. The van der Waals surface area contributed by atoms with Crippen LogP contribution in [0, 0.1) is 13.8 Å². The van der Waals surface area contributed by atoms with Gasteiger partial charge in [-0.25, -0.2) is 9.97 Å². The second-order valence-corrected chi connectivity index (χ2v) is 6.70. The maximum atomic E-state index is 12.6. The lowest BCUT2D eigenvalue weighted by molar-refractivity contribution is 0.102. The molecule has 6 nitrogen and oxygen atoms in total. The van der Waals surface area contributed by atoms with Gasteiger partial charge < -0.3 is 14.6 Å². The molecular formula is C23H20N4O2. The highest BCUT2D eigenvalue weighted by Crippen LogP contribution is 2.23. The number of ether oxygens (including phenoxy) is 1. The lowest BCUT2D eigenvalue weighted by atomic mass is 10.1. The van der Waals surface area contributed by atoms with Crippen molar-refractivity contribution in [2.45, 2.75) is 13.8 Å². The van der Waals surface area contributed by atoms with Crippen molar-refractivity contribution in [1.82, 2.24) is 14.5 Å². The highest BCUT2D eigenvalue weighted by Gasteiger charge is 2.10. The van der Waals surface area contributed by atoms with Crippen molar-refractivity contribution in [3.63, 3.8) is 0 Å². The molecule has 6 heteroatoms. The Hall–Kier alpha value is -3.93. The SMILES string of the molecule is Cc1ccc(C)c(C(=O)Nc2ccc(Oc3cc(-n4cccc4)ncn3)cc2)c1. The number of nitrogens with one attached hydrogen (secondary N) is 1. The Balaban J connectivity index is 1.45. The molecule has 1 amide bonds. The van der Waals surface area contributed by atoms with Gasteiger partial charge in [-0.15, -0.1) is 0 Å². The third-order valence-electron chi connectivity index (χ3n) is 4.47. The fraction of sp³-hybridized carbons (Fsp3) is 0.0870. The summed E-state index contributed by atoms with van der Waals surface area (Å²) < 4.78 is 7.69. The van der Waals surface area contributed by atoms with Crippen LogP contribution >= 0.6 is 0 Å². The molecule has 0 spiro atoms. The number of aromatic nitrogens is 3. The number of hydrogen-bond acceptors (Lipinski definition) is 4. The molecule has 0 aliphatic rings. The molecule has 144 valence electrons. The molecule has 0 bridgehead atoms. The average molecular weight is 384 g/mol. The second-order valence-electron chi connectivity index (χ2n) is 6.70. The first-order valence-corrected chi connectivity index (χ1v) is 9.20. The number of rotatable bonds is 5. The lowest BCUT2D eigenvalue weighted by Gasteiger charge is -2.10. The van der Waals surface area contributed by atoms with Gasteiger partial charge in [0.15, 0.2) is 0 Å². The van der Waals surface area contributed by atoms with Gasteiger partial charge in [0, 0.05) is 29.7 Å². The zero-order chi connectivity index (χ0) is 20.2. The first kappa shape index (κ1) is 18.4. The van der Waals surface area contributed by atoms with Gasteiger partial charge in [-0.3, -0.25) is 4.79 Å². The molecule has 2 heterocycles. The molecule has 1 N–H and O–H groups in total. The minimum Gasteiger partial charge on any atom is -0.439 e. The van der Waals surface area contributed by atoms with Crippen LogP contribution in [-0.2, 0) is 0 Å². The van der Waals surface area contributed by atoms with Crippen LogP contribution in [0.2, 0.25) is 0 Å². The molecule has 0 atom stereocenters. The molecule has 0 saturated carbocycles. The number of nitrogens with zero attached hydrogens (tertiary/aromatic N) is 3. The van der Waals surface area contributed by atoms with E-state index in [1.54, 1.807) is 30.3 Å². The van der Waals surface area contributed by atoms with Crippen molar-refractivity contribution in [2.24, 2.45) is 0 Å². The van der Waals surface area contributed by atoms with Crippen molar-refractivity contribution in [3.8, 4) is 17.4 Å². The van der Waals surface area contributed by atoms with E-state index in [0.29, 0.717) is 22.9 Å². The fourth-order valence-corrected chi connectivity index (χ4v) is 2.92. The van der Waals surface area contributed by atoms with Crippen molar-refractivity contribution in [3.05, 3.63) is 96.1 Å². The lowest BCUT2D eigenvalue weighted by Crippen LogP contribution is -2.13. The molecule has 2 aromatic carbocycles. The second kappa shape index (κ2) is 7.98. The van der Waals surface area contributed by atoms with Crippen LogP contribution in [0.15, 0.2) is 79.4 Å². The van der Waals surface area contributed by atoms with E-state index in [2.05, 4.69) is 15.3 Å². The molecular weight excluding hydrogens is 364 g/mol. The van der Waals surface area contributed by atoms with Gasteiger partial charge >= 0.3 is 0 Å². The van der Waals surface area contributed by atoms with E-state index in [-0.39, 0.29) is 5.91 Å². The smallest absolute Gasteiger partial charge is 0.255 e. The summed E-state index contributed by atoms with van der Waals surface area (Å²) in [5, 5.41) is 2.92. The zero-order valence-electron chi connectivity index (χ0n) is 16.2. The Morgan fingerprint density at radius 1 is 0.966 bits per heavy atom. The van der Waals surface area contributed by atoms with E-state index in [0.717, 1.165) is 16.9 Å². The molecule has 0 unspecified atom stereocenters. The predicted octanol–water partition coefficient (Wildman–Crippen LogP) is 4.93. The first-order valence-electron chi connectivity index (χ1n) is 9.20. The molecule has 4 rings (SSSR count). The molecule has 29 heavy (non-hydrogen) atoms. The Kier molecular flexibility index (Phi) is 5.07. The normalized spacial score (nSPS) is 10.6. The number of hydrogen-bond donors (Lipinski definition) is 1. The van der Waals surface area contributed by atoms with Crippen LogP contribution in [0.3, 0.4) is 0 Å². The van der Waals surface area contributed by atoms with E-state index < -0.39 is 0 Å². The van der Waals surface area contributed by atoms with Crippen LogP contribution in [0.5, 0.6) is 11.6 Å². The number of anilines is 1. The van der Waals surface area contributed by atoms with E-state index in [4.69, 9.17) is 4.74 Å². The molecule has 0 radical (unpaired) electrons. The topological polar surface area (TPSA) is 69.0 Å². The van der Waals surface area contributed by atoms with E-state index in [1.807, 2.05) is 61.1 Å². The monoisotopic (exact) mass is 384 g/mol. The van der Waals surface area contributed by atoms with Crippen LogP contribution in [-0.4, -0.2) is 20.4 Å². The van der Waals surface area contributed by atoms with Crippen LogP contribution in [0.4, 0.5) is 5.69 Å². The molecule has 0 aliphatic carbocycles. The summed E-state index contributed by atoms with van der Waals surface area (Å²) in [4.78, 5) is 20.9. The minimum absolute atomic E-state index is 0.132. The van der Waals surface area contributed by atoms with Crippen molar-refractivity contribution in [1.29, 1.82) is 0 Å². The largest absolute Gasteiger partial charge is 0.439 e. The molecule has 0 aliphatic heterocycles. The van der Waals surface area contributed by atoms with Gasteiger partial charge in [0.05, 0.1) is 0 Å². The Bertz CT molecular complexity index is 1140. The van der Waals surface area contributed by atoms with E-state index >= 15 is 0 Å². The molecule has 0 fully saturated rings. The number of amides is 1. The van der Waals surface area contributed by atoms with Gasteiger partial charge in [-0.2, -0.15) is 0 Å². The fourth-order valence-electron chi connectivity index (χ4n) is 2.92. The highest BCUT2D eigenvalue weighted by molar-refractivity contribution is 6.05. The quantitative estimate of drug-likeness (QED) is 0.530. The van der Waals surface area contributed by atoms with Gasteiger partial charge in [0.1, 0.15) is 17.9 Å². The predicted molar refractivity (Wildman–Crippen MR) is 112 cm³/mol. The Labute approximate surface area is 168 Å². The number of aryl methyl sites for hydroxylation is 2. The maximum Gasteiger partial charge on any atom is 0.255 e. The summed E-state index contributed by atoms with van der Waals surface area (Å²) in [6.45, 7) is 3.90. The number of carbonyl (C=O) groups excluding carboxylic acids is 1. The van der Waals surface area contributed by atoms with Crippen LogP contribution in [0.25, 0.3) is 5.82 Å². The van der Waals surface area contributed by atoms with Crippen LogP contribution < -0.4 is 10.1 Å². The summed E-state index contributed by atoms with van der Waals surface area (Å²) in [7, 11) is 0. The van der Waals surface area contributed by atoms with Gasteiger partial charge in [-0.1, -0.05) is 17.7 Å². The third-order valence-corrected chi connectivity index (χ3v) is 4.47. The zero-order valence-corrected chi connectivity index (χ0v) is 16.2. The molecule has 4 aromatic rings. The van der Waals surface area contributed by atoms with Gasteiger partial charge in [0.25, 0.3) is 5.91 Å². The average Bonchev–Trinajstić information content (AvgIpc) is 3.26. The minimum atomic E-state index is -0.132. The molecule has 2 aromatic heterocycles. The Morgan fingerprint density at radius 2 is 1.72 bits per heavy atom. The Morgan fingerprint density at radius 3 is 2.48 bits per heavy atom. The summed E-state index contributed by atoms with van der Waals surface area (Å²) in [5.74, 6) is 1.65. The van der Waals surface area contributed by atoms with Crippen molar-refractivity contribution >= 4 is 11.6 Å². The van der Waals surface area contributed by atoms with Gasteiger partial charge in [0.2, 0.25) is 5.88 Å². The first-order chi connectivity index (χ1) is 14.1. The summed E-state index contributed by atoms with van der Waals surface area (Å²) in [6, 6.07) is 18.6. The molecule has 0 saturated heterocycles.